The Kier molecular flexibility index (Phi) is 9.60. The molecule has 0 bridgehead atoms. The Hall–Kier alpha value is -0.870. The third kappa shape index (κ3) is 8.25. The molecule has 0 unspecified atom stereocenters. The Morgan fingerprint density at radius 1 is 1.17 bits per heavy atom. The number of carbonyl (C=O) groups excluding carboxylic acids is 1. The molecule has 4 nitrogen and oxygen atoms in total. The summed E-state index contributed by atoms with van der Waals surface area (Å²) in [6, 6.07) is 0. The highest BCUT2D eigenvalue weighted by molar-refractivity contribution is 5.87. The lowest BCUT2D eigenvalue weighted by molar-refractivity contribution is -0.139. The summed E-state index contributed by atoms with van der Waals surface area (Å²) in [4.78, 5) is 16.0. The Balaban J connectivity index is 3.87. The molecular weight excluding hydrogens is 228 g/mol. The molecule has 0 spiro atoms. The van der Waals surface area contributed by atoms with Crippen molar-refractivity contribution in [1.82, 2.24) is 9.80 Å². The van der Waals surface area contributed by atoms with Gasteiger partial charge in [-0.2, -0.15) is 0 Å². The van der Waals surface area contributed by atoms with Gasteiger partial charge in [0.05, 0.1) is 0 Å². The first-order valence-corrected chi connectivity index (χ1v) is 6.72. The molecule has 0 fully saturated rings. The van der Waals surface area contributed by atoms with Crippen LogP contribution in [-0.4, -0.2) is 62.7 Å². The second kappa shape index (κ2) is 10.1. The smallest absolute Gasteiger partial charge is 0.333 e. The fourth-order valence-electron chi connectivity index (χ4n) is 1.54. The highest BCUT2D eigenvalue weighted by Gasteiger charge is 2.06. The first-order chi connectivity index (χ1) is 8.51. The number of hydrogen-bond acceptors (Lipinski definition) is 4. The molecule has 0 atom stereocenters. The van der Waals surface area contributed by atoms with Crippen LogP contribution in [0.15, 0.2) is 11.6 Å². The summed E-state index contributed by atoms with van der Waals surface area (Å²) in [5.41, 5.74) is 0.705. The molecule has 0 rings (SSSR count). The van der Waals surface area contributed by atoms with Crippen molar-refractivity contribution < 1.29 is 9.53 Å². The van der Waals surface area contributed by atoms with Gasteiger partial charge in [-0.25, -0.2) is 4.79 Å². The number of hydrogen-bond donors (Lipinski definition) is 0. The van der Waals surface area contributed by atoms with Crippen molar-refractivity contribution in [3.63, 3.8) is 0 Å². The molecule has 0 saturated heterocycles. The third-order valence-corrected chi connectivity index (χ3v) is 2.88. The molecule has 0 aromatic rings. The second-order valence-corrected chi connectivity index (χ2v) is 4.64. The summed E-state index contributed by atoms with van der Waals surface area (Å²) >= 11 is 0. The normalized spacial score (nSPS) is 12.3. The third-order valence-electron chi connectivity index (χ3n) is 2.88. The minimum atomic E-state index is -0.194. The Bertz CT molecular complexity index is 259. The Labute approximate surface area is 112 Å². The van der Waals surface area contributed by atoms with Crippen LogP contribution < -0.4 is 0 Å². The van der Waals surface area contributed by atoms with Crippen LogP contribution in [0, 0.1) is 0 Å². The second-order valence-electron chi connectivity index (χ2n) is 4.64. The topological polar surface area (TPSA) is 32.8 Å². The molecule has 0 amide bonds. The van der Waals surface area contributed by atoms with Gasteiger partial charge < -0.3 is 14.5 Å². The van der Waals surface area contributed by atoms with Crippen LogP contribution in [0.3, 0.4) is 0 Å². The van der Waals surface area contributed by atoms with Gasteiger partial charge in [-0.15, -0.1) is 0 Å². The van der Waals surface area contributed by atoms with Crippen LogP contribution >= 0.6 is 0 Å². The molecule has 0 radical (unpaired) electrons. The molecule has 0 aromatic carbocycles. The lowest BCUT2D eigenvalue weighted by Crippen LogP contribution is -2.28. The average molecular weight is 256 g/mol. The number of esters is 1. The zero-order valence-corrected chi connectivity index (χ0v) is 12.5. The van der Waals surface area contributed by atoms with Gasteiger partial charge in [-0.1, -0.05) is 19.9 Å². The maximum Gasteiger partial charge on any atom is 0.333 e. The van der Waals surface area contributed by atoms with E-state index in [9.17, 15) is 4.79 Å². The molecule has 0 aliphatic carbocycles. The summed E-state index contributed by atoms with van der Waals surface area (Å²) in [6.45, 7) is 10.2. The van der Waals surface area contributed by atoms with E-state index in [0.29, 0.717) is 12.2 Å². The van der Waals surface area contributed by atoms with Crippen LogP contribution in [0.25, 0.3) is 0 Å². The Morgan fingerprint density at radius 3 is 2.28 bits per heavy atom. The summed E-state index contributed by atoms with van der Waals surface area (Å²) in [5, 5.41) is 0. The quantitative estimate of drug-likeness (QED) is 0.465. The maximum atomic E-state index is 11.7. The minimum absolute atomic E-state index is 0.194. The van der Waals surface area contributed by atoms with Crippen molar-refractivity contribution in [1.29, 1.82) is 0 Å². The van der Waals surface area contributed by atoms with E-state index < -0.39 is 0 Å². The van der Waals surface area contributed by atoms with E-state index in [1.54, 1.807) is 0 Å². The largest absolute Gasteiger partial charge is 0.461 e. The SMILES string of the molecule is CCN(CC)CCOC(=O)C(C)=CCCN(C)C. The molecule has 0 aliphatic heterocycles. The zero-order valence-electron chi connectivity index (χ0n) is 12.5. The average Bonchev–Trinajstić information content (AvgIpc) is 2.33. The molecule has 4 heteroatoms. The number of carbonyl (C=O) groups is 1. The first-order valence-electron chi connectivity index (χ1n) is 6.72. The number of likely N-dealkylation sites (N-methyl/N-ethyl adjacent to an activating group) is 1. The van der Waals surface area contributed by atoms with Crippen LogP contribution in [0.4, 0.5) is 0 Å². The fraction of sp³-hybridized carbons (Fsp3) is 0.786. The van der Waals surface area contributed by atoms with Crippen LogP contribution in [0.2, 0.25) is 0 Å². The molecule has 106 valence electrons. The number of rotatable bonds is 9. The first kappa shape index (κ1) is 17.1. The van der Waals surface area contributed by atoms with Gasteiger partial charge in [0.25, 0.3) is 0 Å². The lowest BCUT2D eigenvalue weighted by atomic mass is 10.2. The van der Waals surface area contributed by atoms with Gasteiger partial charge in [0, 0.05) is 18.7 Å². The Morgan fingerprint density at radius 2 is 1.78 bits per heavy atom. The molecule has 0 saturated carbocycles. The van der Waals surface area contributed by atoms with E-state index in [4.69, 9.17) is 4.74 Å². The monoisotopic (exact) mass is 256 g/mol. The maximum absolute atomic E-state index is 11.7. The fourth-order valence-corrected chi connectivity index (χ4v) is 1.54. The van der Waals surface area contributed by atoms with Crippen molar-refractivity contribution in [2.75, 3.05) is 46.9 Å². The molecule has 0 N–H and O–H groups in total. The van der Waals surface area contributed by atoms with Crippen molar-refractivity contribution in [3.05, 3.63) is 11.6 Å². The van der Waals surface area contributed by atoms with E-state index in [2.05, 4.69) is 23.6 Å². The summed E-state index contributed by atoms with van der Waals surface area (Å²) in [6.07, 6.45) is 2.82. The number of ether oxygens (including phenoxy) is 1. The van der Waals surface area contributed by atoms with E-state index >= 15 is 0 Å². The summed E-state index contributed by atoms with van der Waals surface area (Å²) < 4.78 is 5.23. The van der Waals surface area contributed by atoms with E-state index in [0.717, 1.165) is 32.6 Å². The minimum Gasteiger partial charge on any atom is -0.461 e. The van der Waals surface area contributed by atoms with Crippen molar-refractivity contribution >= 4 is 5.97 Å². The van der Waals surface area contributed by atoms with Crippen LogP contribution in [0.1, 0.15) is 27.2 Å². The molecule has 0 heterocycles. The molecular formula is C14H28N2O2. The van der Waals surface area contributed by atoms with Gasteiger partial charge in [0.1, 0.15) is 6.61 Å². The van der Waals surface area contributed by atoms with Crippen molar-refractivity contribution in [3.8, 4) is 0 Å². The van der Waals surface area contributed by atoms with Gasteiger partial charge in [0.2, 0.25) is 0 Å². The van der Waals surface area contributed by atoms with Gasteiger partial charge in [0.15, 0.2) is 0 Å². The highest BCUT2D eigenvalue weighted by atomic mass is 16.5. The van der Waals surface area contributed by atoms with Gasteiger partial charge in [-0.05, 0) is 40.5 Å². The highest BCUT2D eigenvalue weighted by Crippen LogP contribution is 2.00. The summed E-state index contributed by atoms with van der Waals surface area (Å²) in [5.74, 6) is -0.194. The van der Waals surface area contributed by atoms with Crippen molar-refractivity contribution in [2.45, 2.75) is 27.2 Å². The molecule has 0 aliphatic rings. The molecule has 0 aromatic heterocycles. The van der Waals surface area contributed by atoms with E-state index in [-0.39, 0.29) is 5.97 Å². The summed E-state index contributed by atoms with van der Waals surface area (Å²) in [7, 11) is 4.04. The van der Waals surface area contributed by atoms with E-state index in [1.807, 2.05) is 27.1 Å². The van der Waals surface area contributed by atoms with Crippen molar-refractivity contribution in [2.24, 2.45) is 0 Å². The predicted octanol–water partition coefficient (Wildman–Crippen LogP) is 1.77. The van der Waals surface area contributed by atoms with Crippen LogP contribution in [-0.2, 0) is 9.53 Å². The zero-order chi connectivity index (χ0) is 14.0. The standard InChI is InChI=1S/C14H28N2O2/c1-6-16(7-2)11-12-18-14(17)13(3)9-8-10-15(4)5/h9H,6-8,10-12H2,1-5H3. The molecule has 18 heavy (non-hydrogen) atoms. The van der Waals surface area contributed by atoms with Gasteiger partial charge >= 0.3 is 5.97 Å². The number of nitrogens with zero attached hydrogens (tertiary/aromatic N) is 2. The van der Waals surface area contributed by atoms with E-state index in [1.165, 1.54) is 0 Å². The lowest BCUT2D eigenvalue weighted by Gasteiger charge is -2.17. The predicted molar refractivity (Wildman–Crippen MR) is 75.7 cm³/mol. The van der Waals surface area contributed by atoms with Gasteiger partial charge in [-0.3, -0.25) is 0 Å². The van der Waals surface area contributed by atoms with Crippen LogP contribution in [0.5, 0.6) is 0 Å².